The van der Waals surface area contributed by atoms with Gasteiger partial charge in [0, 0.05) is 26.0 Å². The summed E-state index contributed by atoms with van der Waals surface area (Å²) in [6.45, 7) is 7.32. The summed E-state index contributed by atoms with van der Waals surface area (Å²) in [5, 5.41) is 7.48. The Bertz CT molecular complexity index is 1440. The topological polar surface area (TPSA) is 94.7 Å². The molecule has 3 heterocycles. The van der Waals surface area contributed by atoms with Crippen LogP contribution in [-0.4, -0.2) is 30.2 Å². The van der Waals surface area contributed by atoms with Crippen molar-refractivity contribution in [2.45, 2.75) is 34.2 Å². The quantitative estimate of drug-likeness (QED) is 0.487. The number of halogens is 1. The second-order valence-electron chi connectivity index (χ2n) is 7.76. The number of hydrogen-bond acceptors (Lipinski definition) is 6. The number of aryl methyl sites for hydroxylation is 4. The van der Waals surface area contributed by atoms with Crippen LogP contribution in [-0.2, 0) is 13.6 Å². The molecule has 0 aliphatic rings. The van der Waals surface area contributed by atoms with E-state index in [-0.39, 0.29) is 18.0 Å². The molecule has 1 N–H and O–H groups in total. The van der Waals surface area contributed by atoms with Gasteiger partial charge in [0.15, 0.2) is 0 Å². The number of nitrogens with one attached hydrogen (secondary N) is 1. The monoisotopic (exact) mass is 466 g/mol. The molecule has 4 rings (SSSR count). The van der Waals surface area contributed by atoms with Crippen molar-refractivity contribution in [2.75, 3.05) is 0 Å². The van der Waals surface area contributed by atoms with E-state index in [0.29, 0.717) is 38.2 Å². The van der Waals surface area contributed by atoms with Crippen molar-refractivity contribution >= 4 is 17.2 Å². The van der Waals surface area contributed by atoms with E-state index in [2.05, 4.69) is 20.4 Å². The number of carbonyl (C=O) groups excluding carboxylic acids is 1. The fourth-order valence-corrected chi connectivity index (χ4v) is 4.64. The minimum absolute atomic E-state index is 0.154. The molecule has 170 valence electrons. The zero-order valence-corrected chi connectivity index (χ0v) is 19.7. The summed E-state index contributed by atoms with van der Waals surface area (Å²) in [5.74, 6) is -0.0502. The molecule has 0 unspecified atom stereocenters. The Morgan fingerprint density at radius 2 is 1.94 bits per heavy atom. The van der Waals surface area contributed by atoms with E-state index in [1.807, 2.05) is 13.8 Å². The molecular formula is C23H23FN6O2S. The molecule has 0 fully saturated rings. The maximum absolute atomic E-state index is 14.6. The maximum Gasteiger partial charge on any atom is 0.277 e. The van der Waals surface area contributed by atoms with Crippen molar-refractivity contribution in [3.63, 3.8) is 0 Å². The molecule has 0 radical (unpaired) electrons. The summed E-state index contributed by atoms with van der Waals surface area (Å²) in [5.41, 5.74) is 3.20. The summed E-state index contributed by atoms with van der Waals surface area (Å²) in [6.07, 6.45) is 3.30. The summed E-state index contributed by atoms with van der Waals surface area (Å²) >= 11 is 1.16. The van der Waals surface area contributed by atoms with Gasteiger partial charge in [-0.15, -0.1) is 11.3 Å². The number of rotatable bonds is 5. The number of amides is 1. The molecule has 0 saturated heterocycles. The first-order valence-corrected chi connectivity index (χ1v) is 11.1. The van der Waals surface area contributed by atoms with Gasteiger partial charge in [-0.05, 0) is 51.0 Å². The smallest absolute Gasteiger partial charge is 0.277 e. The van der Waals surface area contributed by atoms with Crippen molar-refractivity contribution in [3.8, 4) is 16.3 Å². The van der Waals surface area contributed by atoms with Gasteiger partial charge in [0.25, 0.3) is 11.5 Å². The van der Waals surface area contributed by atoms with Crippen LogP contribution in [0.4, 0.5) is 4.39 Å². The Morgan fingerprint density at radius 3 is 2.61 bits per heavy atom. The third-order valence-electron chi connectivity index (χ3n) is 5.49. The lowest BCUT2D eigenvalue weighted by Crippen LogP contribution is -2.23. The molecule has 0 aliphatic carbocycles. The Hall–Kier alpha value is -3.66. The van der Waals surface area contributed by atoms with Crippen LogP contribution >= 0.6 is 11.3 Å². The second-order valence-corrected chi connectivity index (χ2v) is 8.76. The molecule has 0 saturated carbocycles. The first kappa shape index (κ1) is 22.5. The van der Waals surface area contributed by atoms with E-state index in [0.717, 1.165) is 22.6 Å². The average Bonchev–Trinajstić information content (AvgIpc) is 3.36. The number of aromatic nitrogens is 5. The number of imidazole rings is 1. The second kappa shape index (κ2) is 8.70. The standard InChI is InChI=1S/C23H23FN6O2S/c1-12-13(2)28-29(5)23(32)19(12)22-27-14(3)20(33-22)21(31)26-11-16-6-7-18(17(24)10-16)30-9-8-25-15(30)4/h6-10H,11H2,1-5H3,(H,26,31). The van der Waals surface area contributed by atoms with Gasteiger partial charge in [0.1, 0.15) is 21.5 Å². The molecular weight excluding hydrogens is 443 g/mol. The van der Waals surface area contributed by atoms with Crippen LogP contribution in [0.1, 0.15) is 38.0 Å². The third-order valence-corrected chi connectivity index (χ3v) is 6.67. The zero-order valence-electron chi connectivity index (χ0n) is 18.9. The van der Waals surface area contributed by atoms with Crippen LogP contribution in [0.15, 0.2) is 35.4 Å². The highest BCUT2D eigenvalue weighted by Gasteiger charge is 2.21. The van der Waals surface area contributed by atoms with Gasteiger partial charge in [-0.25, -0.2) is 19.0 Å². The van der Waals surface area contributed by atoms with Gasteiger partial charge in [-0.1, -0.05) is 6.07 Å². The predicted octanol–water partition coefficient (Wildman–Crippen LogP) is 3.39. The van der Waals surface area contributed by atoms with Crippen molar-refractivity contribution in [1.82, 2.24) is 29.6 Å². The van der Waals surface area contributed by atoms with E-state index < -0.39 is 5.82 Å². The summed E-state index contributed by atoms with van der Waals surface area (Å²) in [7, 11) is 1.59. The molecule has 0 atom stereocenters. The number of thiazole rings is 1. The minimum Gasteiger partial charge on any atom is -0.347 e. The lowest BCUT2D eigenvalue weighted by atomic mass is 10.1. The molecule has 0 aliphatic heterocycles. The van der Waals surface area contributed by atoms with Gasteiger partial charge < -0.3 is 9.88 Å². The van der Waals surface area contributed by atoms with E-state index in [9.17, 15) is 14.0 Å². The Morgan fingerprint density at radius 1 is 1.18 bits per heavy atom. The van der Waals surface area contributed by atoms with Gasteiger partial charge in [-0.2, -0.15) is 5.10 Å². The molecule has 8 nitrogen and oxygen atoms in total. The maximum atomic E-state index is 14.6. The van der Waals surface area contributed by atoms with Crippen molar-refractivity contribution < 1.29 is 9.18 Å². The number of nitrogens with zero attached hydrogens (tertiary/aromatic N) is 5. The first-order valence-electron chi connectivity index (χ1n) is 10.3. The SMILES string of the molecule is Cc1nc(-c2c(C)c(C)nn(C)c2=O)sc1C(=O)NCc1ccc(-n2ccnc2C)c(F)c1. The lowest BCUT2D eigenvalue weighted by Gasteiger charge is -2.09. The van der Waals surface area contributed by atoms with Crippen molar-refractivity contribution in [3.05, 3.63) is 80.0 Å². The van der Waals surface area contributed by atoms with Crippen molar-refractivity contribution in [1.29, 1.82) is 0 Å². The van der Waals surface area contributed by atoms with Gasteiger partial charge in [-0.3, -0.25) is 9.59 Å². The van der Waals surface area contributed by atoms with Crippen LogP contribution in [0.5, 0.6) is 0 Å². The van der Waals surface area contributed by atoms with E-state index in [1.165, 1.54) is 10.7 Å². The zero-order chi connectivity index (χ0) is 23.9. The third kappa shape index (κ3) is 4.21. The highest BCUT2D eigenvalue weighted by molar-refractivity contribution is 7.17. The number of carbonyl (C=O) groups is 1. The summed E-state index contributed by atoms with van der Waals surface area (Å²) < 4.78 is 17.6. The Kier molecular flexibility index (Phi) is 5.94. The lowest BCUT2D eigenvalue weighted by molar-refractivity contribution is 0.0954. The molecule has 10 heteroatoms. The molecule has 0 spiro atoms. The number of hydrogen-bond donors (Lipinski definition) is 1. The Labute approximate surface area is 193 Å². The average molecular weight is 467 g/mol. The molecule has 1 amide bonds. The molecule has 3 aromatic heterocycles. The van der Waals surface area contributed by atoms with E-state index >= 15 is 0 Å². The molecule has 0 bridgehead atoms. The summed E-state index contributed by atoms with van der Waals surface area (Å²) in [6, 6.07) is 4.81. The predicted molar refractivity (Wildman–Crippen MR) is 124 cm³/mol. The first-order chi connectivity index (χ1) is 15.7. The van der Waals surface area contributed by atoms with E-state index in [1.54, 1.807) is 50.0 Å². The van der Waals surface area contributed by atoms with Crippen LogP contribution in [0.3, 0.4) is 0 Å². The minimum atomic E-state index is -0.404. The normalized spacial score (nSPS) is 11.1. The highest BCUT2D eigenvalue weighted by atomic mass is 32.1. The van der Waals surface area contributed by atoms with Crippen LogP contribution < -0.4 is 10.9 Å². The summed E-state index contributed by atoms with van der Waals surface area (Å²) in [4.78, 5) is 34.5. The van der Waals surface area contributed by atoms with Crippen LogP contribution in [0.2, 0.25) is 0 Å². The van der Waals surface area contributed by atoms with Gasteiger partial charge in [0.2, 0.25) is 0 Å². The van der Waals surface area contributed by atoms with E-state index in [4.69, 9.17) is 0 Å². The fourth-order valence-electron chi connectivity index (χ4n) is 3.57. The molecule has 33 heavy (non-hydrogen) atoms. The van der Waals surface area contributed by atoms with Gasteiger partial charge in [0.05, 0.1) is 22.6 Å². The number of benzene rings is 1. The van der Waals surface area contributed by atoms with Gasteiger partial charge >= 0.3 is 0 Å². The highest BCUT2D eigenvalue weighted by Crippen LogP contribution is 2.28. The molecule has 1 aromatic carbocycles. The van der Waals surface area contributed by atoms with Crippen LogP contribution in [0.25, 0.3) is 16.3 Å². The molecule has 4 aromatic rings. The largest absolute Gasteiger partial charge is 0.347 e. The Balaban J connectivity index is 1.54. The van der Waals surface area contributed by atoms with Crippen molar-refractivity contribution in [2.24, 2.45) is 7.05 Å². The van der Waals surface area contributed by atoms with Crippen LogP contribution in [0, 0.1) is 33.5 Å². The fraction of sp³-hybridized carbons (Fsp3) is 0.261.